The lowest BCUT2D eigenvalue weighted by molar-refractivity contribution is 0.0526. The first-order chi connectivity index (χ1) is 12.3. The van der Waals surface area contributed by atoms with Gasteiger partial charge in [0.05, 0.1) is 5.56 Å². The number of benzene rings is 1. The predicted octanol–water partition coefficient (Wildman–Crippen LogP) is 4.29. The van der Waals surface area contributed by atoms with Crippen molar-refractivity contribution in [2.24, 2.45) is 0 Å². The Hall–Kier alpha value is -1.99. The van der Waals surface area contributed by atoms with Gasteiger partial charge in [0.1, 0.15) is 5.60 Å². The number of hydrogen-bond donors (Lipinski definition) is 2. The summed E-state index contributed by atoms with van der Waals surface area (Å²) in [5.41, 5.74) is 0.109. The lowest BCUT2D eigenvalue weighted by Gasteiger charge is -2.19. The molecule has 0 aliphatic carbocycles. The Kier molecular flexibility index (Phi) is 7.53. The summed E-state index contributed by atoms with van der Waals surface area (Å²) in [4.78, 5) is 26.2. The molecule has 0 fully saturated rings. The second-order valence-corrected chi connectivity index (χ2v) is 8.60. The second-order valence-electron chi connectivity index (χ2n) is 6.55. The Morgan fingerprint density at radius 1 is 1.08 bits per heavy atom. The van der Waals surface area contributed by atoms with Crippen LogP contribution in [-0.4, -0.2) is 30.7 Å². The van der Waals surface area contributed by atoms with E-state index in [2.05, 4.69) is 16.7 Å². The van der Waals surface area contributed by atoms with Crippen LogP contribution >= 0.6 is 23.1 Å². The van der Waals surface area contributed by atoms with Crippen molar-refractivity contribution in [1.82, 2.24) is 10.6 Å². The van der Waals surface area contributed by atoms with Crippen LogP contribution in [0.3, 0.4) is 0 Å². The molecule has 0 spiro atoms. The molecule has 2 rings (SSSR count). The molecule has 2 amide bonds. The zero-order valence-electron chi connectivity index (χ0n) is 15.2. The van der Waals surface area contributed by atoms with Gasteiger partial charge in [-0.3, -0.25) is 4.79 Å². The Labute approximate surface area is 162 Å². The van der Waals surface area contributed by atoms with Crippen LogP contribution in [0.5, 0.6) is 0 Å². The molecule has 1 aromatic carbocycles. The van der Waals surface area contributed by atoms with E-state index < -0.39 is 11.7 Å². The van der Waals surface area contributed by atoms with Crippen LogP contribution in [0.2, 0.25) is 0 Å². The van der Waals surface area contributed by atoms with Gasteiger partial charge in [-0.2, -0.15) is 0 Å². The molecular formula is C19H24N2O3S2. The maximum absolute atomic E-state index is 12.4. The molecule has 1 aromatic heterocycles. The fourth-order valence-corrected chi connectivity index (χ4v) is 3.90. The zero-order chi connectivity index (χ0) is 19.0. The quantitative estimate of drug-likeness (QED) is 0.545. The molecule has 5 nitrogen and oxygen atoms in total. The number of amides is 2. The first-order valence-corrected chi connectivity index (χ1v) is 10.2. The smallest absolute Gasteiger partial charge is 0.407 e. The number of carbonyl (C=O) groups excluding carboxylic acids is 2. The number of thioether (sulfide) groups is 1. The first kappa shape index (κ1) is 20.3. The monoisotopic (exact) mass is 392 g/mol. The maximum Gasteiger partial charge on any atom is 0.407 e. The first-order valence-electron chi connectivity index (χ1n) is 8.34. The van der Waals surface area contributed by atoms with Crippen molar-refractivity contribution in [2.45, 2.75) is 37.0 Å². The van der Waals surface area contributed by atoms with Crippen LogP contribution in [0.4, 0.5) is 4.79 Å². The summed E-state index contributed by atoms with van der Waals surface area (Å²) in [6, 6.07) is 11.7. The lowest BCUT2D eigenvalue weighted by atomic mass is 10.2. The summed E-state index contributed by atoms with van der Waals surface area (Å²) in [6.07, 6.45) is -0.487. The van der Waals surface area contributed by atoms with E-state index in [1.807, 2.05) is 35.7 Å². The van der Waals surface area contributed by atoms with Crippen molar-refractivity contribution < 1.29 is 14.3 Å². The van der Waals surface area contributed by atoms with E-state index in [0.717, 1.165) is 10.6 Å². The zero-order valence-corrected chi connectivity index (χ0v) is 16.8. The lowest BCUT2D eigenvalue weighted by Crippen LogP contribution is -2.37. The fourth-order valence-electron chi connectivity index (χ4n) is 2.07. The summed E-state index contributed by atoms with van der Waals surface area (Å²) in [5, 5.41) is 7.50. The highest BCUT2D eigenvalue weighted by molar-refractivity contribution is 7.98. The molecular weight excluding hydrogens is 368 g/mol. The fraction of sp³-hybridized carbons (Fsp3) is 0.368. The van der Waals surface area contributed by atoms with Gasteiger partial charge in [0.2, 0.25) is 0 Å². The van der Waals surface area contributed by atoms with Crippen LogP contribution in [0.1, 0.15) is 36.0 Å². The van der Waals surface area contributed by atoms with Gasteiger partial charge in [-0.25, -0.2) is 4.79 Å². The molecule has 2 N–H and O–H groups in total. The van der Waals surface area contributed by atoms with Crippen molar-refractivity contribution in [3.63, 3.8) is 0 Å². The number of ether oxygens (including phenoxy) is 1. The average molecular weight is 393 g/mol. The Morgan fingerprint density at radius 3 is 2.50 bits per heavy atom. The largest absolute Gasteiger partial charge is 0.444 e. The van der Waals surface area contributed by atoms with Crippen LogP contribution in [-0.2, 0) is 10.5 Å². The number of carbonyl (C=O) groups is 2. The summed E-state index contributed by atoms with van der Waals surface area (Å²) < 4.78 is 5.15. The van der Waals surface area contributed by atoms with E-state index >= 15 is 0 Å². The molecule has 0 saturated heterocycles. The Bertz CT molecular complexity index is 725. The van der Waals surface area contributed by atoms with E-state index in [9.17, 15) is 9.59 Å². The summed E-state index contributed by atoms with van der Waals surface area (Å²) in [7, 11) is 0. The van der Waals surface area contributed by atoms with Gasteiger partial charge in [0.25, 0.3) is 5.91 Å². The maximum atomic E-state index is 12.4. The van der Waals surface area contributed by atoms with Crippen LogP contribution in [0.15, 0.2) is 46.7 Å². The molecule has 7 heteroatoms. The molecule has 26 heavy (non-hydrogen) atoms. The highest BCUT2D eigenvalue weighted by atomic mass is 32.2. The van der Waals surface area contributed by atoms with Crippen LogP contribution in [0.25, 0.3) is 0 Å². The SMILES string of the molecule is CC(C)(C)OC(=O)NCCNC(=O)c1ccccc1SCc1cccs1. The van der Waals surface area contributed by atoms with E-state index in [1.165, 1.54) is 4.88 Å². The summed E-state index contributed by atoms with van der Waals surface area (Å²) >= 11 is 3.35. The van der Waals surface area contributed by atoms with Crippen molar-refractivity contribution in [3.05, 3.63) is 52.2 Å². The summed E-state index contributed by atoms with van der Waals surface area (Å²) in [6.45, 7) is 6.06. The van der Waals surface area contributed by atoms with Gasteiger partial charge in [-0.05, 0) is 44.4 Å². The molecule has 1 heterocycles. The predicted molar refractivity (Wildman–Crippen MR) is 107 cm³/mol. The molecule has 0 atom stereocenters. The molecule has 0 radical (unpaired) electrons. The van der Waals surface area contributed by atoms with E-state index in [-0.39, 0.29) is 5.91 Å². The van der Waals surface area contributed by atoms with Crippen molar-refractivity contribution in [3.8, 4) is 0 Å². The van der Waals surface area contributed by atoms with Crippen molar-refractivity contribution >= 4 is 35.1 Å². The van der Waals surface area contributed by atoms with E-state index in [4.69, 9.17) is 4.74 Å². The third kappa shape index (κ3) is 7.09. The average Bonchev–Trinajstić information content (AvgIpc) is 3.09. The van der Waals surface area contributed by atoms with Crippen molar-refractivity contribution in [2.75, 3.05) is 13.1 Å². The third-order valence-corrected chi connectivity index (χ3v) is 5.34. The minimum Gasteiger partial charge on any atom is -0.444 e. The molecule has 0 aliphatic rings. The molecule has 0 aliphatic heterocycles. The van der Waals surface area contributed by atoms with Gasteiger partial charge in [-0.1, -0.05) is 18.2 Å². The number of rotatable bonds is 7. The number of nitrogens with one attached hydrogen (secondary N) is 2. The van der Waals surface area contributed by atoms with E-state index in [0.29, 0.717) is 18.7 Å². The van der Waals surface area contributed by atoms with Gasteiger partial charge < -0.3 is 15.4 Å². The Morgan fingerprint density at radius 2 is 1.81 bits per heavy atom. The number of alkyl carbamates (subject to hydrolysis) is 1. The van der Waals surface area contributed by atoms with Crippen LogP contribution in [0, 0.1) is 0 Å². The number of thiophene rings is 1. The third-order valence-electron chi connectivity index (χ3n) is 3.16. The van der Waals surface area contributed by atoms with E-state index in [1.54, 1.807) is 43.9 Å². The Balaban J connectivity index is 1.81. The van der Waals surface area contributed by atoms with Gasteiger partial charge >= 0.3 is 6.09 Å². The second kappa shape index (κ2) is 9.64. The standard InChI is InChI=1S/C19H24N2O3S2/c1-19(2,3)24-18(23)21-11-10-20-17(22)15-8-4-5-9-16(15)26-13-14-7-6-12-25-14/h4-9,12H,10-11,13H2,1-3H3,(H,20,22)(H,21,23). The van der Waals surface area contributed by atoms with Gasteiger partial charge in [-0.15, -0.1) is 23.1 Å². The van der Waals surface area contributed by atoms with Crippen LogP contribution < -0.4 is 10.6 Å². The molecule has 2 aromatic rings. The highest BCUT2D eigenvalue weighted by Gasteiger charge is 2.16. The van der Waals surface area contributed by atoms with Gasteiger partial charge in [0.15, 0.2) is 0 Å². The molecule has 0 unspecified atom stereocenters. The molecule has 140 valence electrons. The highest BCUT2D eigenvalue weighted by Crippen LogP contribution is 2.27. The molecule has 0 bridgehead atoms. The minimum absolute atomic E-state index is 0.148. The normalized spacial score (nSPS) is 11.0. The van der Waals surface area contributed by atoms with Gasteiger partial charge in [0, 0.05) is 28.6 Å². The molecule has 0 saturated carbocycles. The summed E-state index contributed by atoms with van der Waals surface area (Å²) in [5.74, 6) is 0.688. The van der Waals surface area contributed by atoms with Crippen molar-refractivity contribution in [1.29, 1.82) is 0 Å². The topological polar surface area (TPSA) is 67.4 Å². The minimum atomic E-state index is -0.536. The number of hydrogen-bond acceptors (Lipinski definition) is 5.